The first-order valence-corrected chi connectivity index (χ1v) is 9.23. The predicted molar refractivity (Wildman–Crippen MR) is 96.7 cm³/mol. The van der Waals surface area contributed by atoms with Crippen LogP contribution in [-0.4, -0.2) is 32.3 Å². The van der Waals surface area contributed by atoms with Gasteiger partial charge in [0.25, 0.3) is 0 Å². The lowest BCUT2D eigenvalue weighted by Gasteiger charge is -2.29. The van der Waals surface area contributed by atoms with Crippen molar-refractivity contribution in [1.82, 2.24) is 20.2 Å². The smallest absolute Gasteiger partial charge is 0.338 e. The highest BCUT2D eigenvalue weighted by molar-refractivity contribution is 6.30. The molecule has 1 aromatic heterocycles. The molecule has 1 unspecified atom stereocenters. The number of esters is 1. The average Bonchev–Trinajstić information content (AvgIpc) is 3.10. The molecule has 1 aliphatic heterocycles. The van der Waals surface area contributed by atoms with Crippen molar-refractivity contribution in [3.63, 3.8) is 0 Å². The van der Waals surface area contributed by atoms with Gasteiger partial charge in [0.05, 0.1) is 5.57 Å². The van der Waals surface area contributed by atoms with Gasteiger partial charge in [-0.05, 0) is 60.7 Å². The Hall–Kier alpha value is -2.41. The molecule has 2 aromatic rings. The Morgan fingerprint density at radius 2 is 1.96 bits per heavy atom. The molecule has 1 saturated carbocycles. The first-order chi connectivity index (χ1) is 12.6. The molecule has 0 saturated heterocycles. The molecular weight excluding hydrogens is 354 g/mol. The number of rotatable bonds is 3. The van der Waals surface area contributed by atoms with Gasteiger partial charge in [-0.3, -0.25) is 0 Å². The second-order valence-corrected chi connectivity index (χ2v) is 7.17. The minimum Gasteiger partial charge on any atom is -0.459 e. The molecular formula is C18H20ClN5O2. The number of carbonyl (C=O) groups excluding carboxylic acids is 1. The molecule has 0 amide bonds. The van der Waals surface area contributed by atoms with Gasteiger partial charge in [0.1, 0.15) is 12.1 Å². The Labute approximate surface area is 156 Å². The molecule has 7 nitrogen and oxygen atoms in total. The van der Waals surface area contributed by atoms with E-state index in [1.807, 2.05) is 19.1 Å². The Morgan fingerprint density at radius 1 is 1.23 bits per heavy atom. The van der Waals surface area contributed by atoms with E-state index in [9.17, 15) is 4.79 Å². The van der Waals surface area contributed by atoms with E-state index in [2.05, 4.69) is 20.8 Å². The number of allylic oxidation sites excluding steroid dienone is 1. The highest BCUT2D eigenvalue weighted by Gasteiger charge is 2.36. The van der Waals surface area contributed by atoms with Crippen molar-refractivity contribution in [3.05, 3.63) is 46.1 Å². The maximum absolute atomic E-state index is 13.0. The summed E-state index contributed by atoms with van der Waals surface area (Å²) in [6.07, 6.45) is 5.25. The summed E-state index contributed by atoms with van der Waals surface area (Å²) in [7, 11) is 0. The number of aromatic nitrogens is 4. The molecule has 2 heterocycles. The minimum absolute atomic E-state index is 0.0160. The predicted octanol–water partition coefficient (Wildman–Crippen LogP) is 3.49. The number of carbonyl (C=O) groups is 1. The topological polar surface area (TPSA) is 81.9 Å². The summed E-state index contributed by atoms with van der Waals surface area (Å²) in [5.41, 5.74) is 2.10. The lowest BCUT2D eigenvalue weighted by molar-refractivity contribution is -0.146. The SMILES string of the molecule is CC1=C(C(=O)OC2CCCCC2)C(c2ccc(Cl)cc2)n2nnnc2N1. The zero-order valence-electron chi connectivity index (χ0n) is 14.5. The molecule has 8 heteroatoms. The molecule has 136 valence electrons. The molecule has 2 aliphatic rings. The standard InChI is InChI=1S/C18H20ClN5O2/c1-11-15(17(25)26-14-5-3-2-4-6-14)16(12-7-9-13(19)10-8-12)24-18(20-11)21-22-23-24/h7-10,14,16H,2-6H2,1H3,(H,20,21,23). The molecule has 1 N–H and O–H groups in total. The van der Waals surface area contributed by atoms with E-state index in [0.29, 0.717) is 22.2 Å². The summed E-state index contributed by atoms with van der Waals surface area (Å²) >= 11 is 6.02. The molecule has 4 rings (SSSR count). The van der Waals surface area contributed by atoms with Gasteiger partial charge in [-0.15, -0.1) is 0 Å². The maximum Gasteiger partial charge on any atom is 0.338 e. The summed E-state index contributed by atoms with van der Waals surface area (Å²) in [5.74, 6) is 0.180. The van der Waals surface area contributed by atoms with Gasteiger partial charge in [0.15, 0.2) is 0 Å². The fourth-order valence-electron chi connectivity index (χ4n) is 3.63. The summed E-state index contributed by atoms with van der Waals surface area (Å²) in [6, 6.07) is 6.90. The van der Waals surface area contributed by atoms with Gasteiger partial charge in [-0.25, -0.2) is 4.79 Å². The van der Waals surface area contributed by atoms with Crippen LogP contribution in [0, 0.1) is 0 Å². The van der Waals surface area contributed by atoms with E-state index in [1.54, 1.807) is 16.8 Å². The van der Waals surface area contributed by atoms with Crippen LogP contribution < -0.4 is 5.32 Å². The largest absolute Gasteiger partial charge is 0.459 e. The molecule has 1 aromatic carbocycles. The van der Waals surface area contributed by atoms with Gasteiger partial charge >= 0.3 is 5.97 Å². The quantitative estimate of drug-likeness (QED) is 0.829. The van der Waals surface area contributed by atoms with Crippen molar-refractivity contribution in [1.29, 1.82) is 0 Å². The summed E-state index contributed by atoms with van der Waals surface area (Å²) in [6.45, 7) is 1.85. The number of fused-ring (bicyclic) bond motifs is 1. The molecule has 1 fully saturated rings. The van der Waals surface area contributed by atoms with Crippen LogP contribution in [0.5, 0.6) is 0 Å². The van der Waals surface area contributed by atoms with Gasteiger partial charge < -0.3 is 10.1 Å². The average molecular weight is 374 g/mol. The Kier molecular flexibility index (Phi) is 4.63. The number of tetrazole rings is 1. The van der Waals surface area contributed by atoms with Crippen LogP contribution in [0.1, 0.15) is 50.6 Å². The normalized spacial score (nSPS) is 20.5. The fourth-order valence-corrected chi connectivity index (χ4v) is 3.75. The highest BCUT2D eigenvalue weighted by Crippen LogP contribution is 2.36. The van der Waals surface area contributed by atoms with Crippen molar-refractivity contribution in [2.75, 3.05) is 5.32 Å². The number of benzene rings is 1. The van der Waals surface area contributed by atoms with E-state index >= 15 is 0 Å². The number of nitrogens with zero attached hydrogens (tertiary/aromatic N) is 4. The Morgan fingerprint density at radius 3 is 2.69 bits per heavy atom. The van der Waals surface area contributed by atoms with Crippen LogP contribution >= 0.6 is 11.6 Å². The number of hydrogen-bond donors (Lipinski definition) is 1. The Bertz CT molecular complexity index is 840. The fraction of sp³-hybridized carbons (Fsp3) is 0.444. The van der Waals surface area contributed by atoms with Crippen molar-refractivity contribution < 1.29 is 9.53 Å². The Balaban J connectivity index is 1.69. The van der Waals surface area contributed by atoms with E-state index in [-0.39, 0.29) is 12.1 Å². The van der Waals surface area contributed by atoms with Crippen molar-refractivity contribution in [2.45, 2.75) is 51.2 Å². The van der Waals surface area contributed by atoms with E-state index in [1.165, 1.54) is 6.42 Å². The van der Waals surface area contributed by atoms with E-state index < -0.39 is 6.04 Å². The zero-order valence-corrected chi connectivity index (χ0v) is 15.2. The van der Waals surface area contributed by atoms with Crippen molar-refractivity contribution >= 4 is 23.5 Å². The second-order valence-electron chi connectivity index (χ2n) is 6.73. The van der Waals surface area contributed by atoms with Crippen LogP contribution in [0.4, 0.5) is 5.95 Å². The van der Waals surface area contributed by atoms with Crippen molar-refractivity contribution in [2.24, 2.45) is 0 Å². The van der Waals surface area contributed by atoms with E-state index in [0.717, 1.165) is 31.2 Å². The van der Waals surface area contributed by atoms with Crippen molar-refractivity contribution in [3.8, 4) is 0 Å². The highest BCUT2D eigenvalue weighted by atomic mass is 35.5. The van der Waals surface area contributed by atoms with Crippen LogP contribution in [-0.2, 0) is 9.53 Å². The van der Waals surface area contributed by atoms with Gasteiger partial charge in [0, 0.05) is 10.7 Å². The zero-order chi connectivity index (χ0) is 18.1. The minimum atomic E-state index is -0.449. The molecule has 0 spiro atoms. The number of hydrogen-bond acceptors (Lipinski definition) is 6. The van der Waals surface area contributed by atoms with Gasteiger partial charge in [0.2, 0.25) is 5.95 Å². The van der Waals surface area contributed by atoms with Crippen LogP contribution in [0.25, 0.3) is 0 Å². The second kappa shape index (κ2) is 7.07. The third-order valence-corrected chi connectivity index (χ3v) is 5.20. The third kappa shape index (κ3) is 3.19. The van der Waals surface area contributed by atoms with E-state index in [4.69, 9.17) is 16.3 Å². The van der Waals surface area contributed by atoms with Crippen LogP contribution in [0.15, 0.2) is 35.5 Å². The monoisotopic (exact) mass is 373 g/mol. The van der Waals surface area contributed by atoms with Crippen LogP contribution in [0.3, 0.4) is 0 Å². The summed E-state index contributed by atoms with van der Waals surface area (Å²) < 4.78 is 7.43. The first-order valence-electron chi connectivity index (χ1n) is 8.85. The summed E-state index contributed by atoms with van der Waals surface area (Å²) in [4.78, 5) is 13.0. The number of nitrogens with one attached hydrogen (secondary N) is 1. The lowest BCUT2D eigenvalue weighted by Crippen LogP contribution is -2.32. The number of halogens is 1. The molecule has 1 aliphatic carbocycles. The first kappa shape index (κ1) is 17.0. The number of anilines is 1. The lowest BCUT2D eigenvalue weighted by atomic mass is 9.95. The van der Waals surface area contributed by atoms with Gasteiger partial charge in [-0.1, -0.05) is 35.3 Å². The third-order valence-electron chi connectivity index (χ3n) is 4.95. The number of ether oxygens (including phenoxy) is 1. The molecule has 0 radical (unpaired) electrons. The molecule has 0 bridgehead atoms. The van der Waals surface area contributed by atoms with Crippen LogP contribution in [0.2, 0.25) is 5.02 Å². The molecule has 1 atom stereocenters. The summed E-state index contributed by atoms with van der Waals surface area (Å²) in [5, 5.41) is 15.5. The maximum atomic E-state index is 13.0. The van der Waals surface area contributed by atoms with Gasteiger partial charge in [-0.2, -0.15) is 4.68 Å². The molecule has 26 heavy (non-hydrogen) atoms.